The van der Waals surface area contributed by atoms with Crippen LogP contribution in [0.4, 0.5) is 20.2 Å². The van der Waals surface area contributed by atoms with Crippen LogP contribution in [0, 0.1) is 11.6 Å². The summed E-state index contributed by atoms with van der Waals surface area (Å²) in [6, 6.07) is 7.90. The van der Waals surface area contributed by atoms with Crippen LogP contribution in [0.2, 0.25) is 0 Å². The Hall–Kier alpha value is -2.94. The molecule has 0 bridgehead atoms. The standard InChI is InChI=1S/C19H20F2N2O4S/c1-4-10-27-16-7-5-6-14(11-16)22-19(24)13(2)23(28(3,25)26)15-8-9-17(20)18(21)12-15/h4-9,11-13H,1,10H2,2-3H3,(H,22,24)/t13-/m0/s1. The van der Waals surface area contributed by atoms with Crippen LogP contribution in [0.1, 0.15) is 6.92 Å². The lowest BCUT2D eigenvalue weighted by atomic mass is 10.2. The van der Waals surface area contributed by atoms with Crippen molar-refractivity contribution in [2.24, 2.45) is 0 Å². The molecule has 150 valence electrons. The molecule has 0 aliphatic carbocycles. The first kappa shape index (κ1) is 21.4. The molecule has 0 aromatic heterocycles. The highest BCUT2D eigenvalue weighted by atomic mass is 32.2. The Morgan fingerprint density at radius 2 is 1.96 bits per heavy atom. The predicted molar refractivity (Wildman–Crippen MR) is 104 cm³/mol. The van der Waals surface area contributed by atoms with Crippen molar-refractivity contribution >= 4 is 27.3 Å². The first-order chi connectivity index (χ1) is 13.1. The largest absolute Gasteiger partial charge is 0.489 e. The molecule has 1 N–H and O–H groups in total. The first-order valence-corrected chi connectivity index (χ1v) is 10.1. The normalized spacial score (nSPS) is 12.1. The van der Waals surface area contributed by atoms with Crippen molar-refractivity contribution < 1.29 is 26.7 Å². The second kappa shape index (κ2) is 8.83. The second-order valence-electron chi connectivity index (χ2n) is 5.95. The second-order valence-corrected chi connectivity index (χ2v) is 7.81. The number of nitrogens with zero attached hydrogens (tertiary/aromatic N) is 1. The van der Waals surface area contributed by atoms with E-state index in [1.165, 1.54) is 6.92 Å². The van der Waals surface area contributed by atoms with Crippen molar-refractivity contribution in [2.75, 3.05) is 22.5 Å². The van der Waals surface area contributed by atoms with E-state index in [1.54, 1.807) is 30.3 Å². The molecule has 0 spiro atoms. The Balaban J connectivity index is 2.27. The fraction of sp³-hybridized carbons (Fsp3) is 0.211. The molecule has 28 heavy (non-hydrogen) atoms. The highest BCUT2D eigenvalue weighted by Gasteiger charge is 2.29. The predicted octanol–water partition coefficient (Wildman–Crippen LogP) is 3.32. The maximum absolute atomic E-state index is 13.6. The van der Waals surface area contributed by atoms with Crippen molar-refractivity contribution in [3.63, 3.8) is 0 Å². The molecule has 9 heteroatoms. The number of hydrogen-bond acceptors (Lipinski definition) is 4. The van der Waals surface area contributed by atoms with E-state index in [0.29, 0.717) is 11.4 Å². The number of halogens is 2. The average Bonchev–Trinajstić information content (AvgIpc) is 2.62. The van der Waals surface area contributed by atoms with Gasteiger partial charge < -0.3 is 10.1 Å². The zero-order valence-corrected chi connectivity index (χ0v) is 16.2. The van der Waals surface area contributed by atoms with Gasteiger partial charge in [0.15, 0.2) is 11.6 Å². The van der Waals surface area contributed by atoms with E-state index in [1.807, 2.05) is 0 Å². The molecule has 2 aromatic carbocycles. The van der Waals surface area contributed by atoms with Gasteiger partial charge in [0.2, 0.25) is 15.9 Å². The molecule has 0 aliphatic rings. The lowest BCUT2D eigenvalue weighted by Crippen LogP contribution is -2.45. The van der Waals surface area contributed by atoms with Crippen molar-refractivity contribution in [2.45, 2.75) is 13.0 Å². The van der Waals surface area contributed by atoms with Crippen LogP contribution < -0.4 is 14.4 Å². The molecule has 2 aromatic rings. The van der Waals surface area contributed by atoms with Gasteiger partial charge in [-0.25, -0.2) is 17.2 Å². The monoisotopic (exact) mass is 410 g/mol. The van der Waals surface area contributed by atoms with E-state index < -0.39 is 33.6 Å². The Kier molecular flexibility index (Phi) is 6.74. The number of carbonyl (C=O) groups excluding carboxylic acids is 1. The van der Waals surface area contributed by atoms with E-state index in [2.05, 4.69) is 11.9 Å². The fourth-order valence-electron chi connectivity index (χ4n) is 2.50. The summed E-state index contributed by atoms with van der Waals surface area (Å²) in [4.78, 5) is 12.6. The summed E-state index contributed by atoms with van der Waals surface area (Å²) in [5.74, 6) is -2.50. The van der Waals surface area contributed by atoms with Gasteiger partial charge in [-0.05, 0) is 31.2 Å². The summed E-state index contributed by atoms with van der Waals surface area (Å²) >= 11 is 0. The van der Waals surface area contributed by atoms with Gasteiger partial charge in [-0.2, -0.15) is 0 Å². The molecular weight excluding hydrogens is 390 g/mol. The zero-order chi connectivity index (χ0) is 20.9. The first-order valence-electron chi connectivity index (χ1n) is 8.22. The van der Waals surface area contributed by atoms with Crippen LogP contribution in [-0.4, -0.2) is 33.2 Å². The molecule has 1 amide bonds. The molecular formula is C19H20F2N2O4S. The summed E-state index contributed by atoms with van der Waals surface area (Å²) in [7, 11) is -3.96. The molecule has 0 radical (unpaired) electrons. The molecule has 0 fully saturated rings. The van der Waals surface area contributed by atoms with Gasteiger partial charge in [0.25, 0.3) is 0 Å². The molecule has 0 aliphatic heterocycles. The third-order valence-corrected chi connectivity index (χ3v) is 4.96. The van der Waals surface area contributed by atoms with Crippen molar-refractivity contribution in [1.82, 2.24) is 0 Å². The Labute approximate surface area is 162 Å². The smallest absolute Gasteiger partial charge is 0.247 e. The number of anilines is 2. The molecule has 1 atom stereocenters. The number of rotatable bonds is 8. The summed E-state index contributed by atoms with van der Waals surface area (Å²) in [5, 5.41) is 2.59. The lowest BCUT2D eigenvalue weighted by Gasteiger charge is -2.28. The highest BCUT2D eigenvalue weighted by Crippen LogP contribution is 2.24. The van der Waals surface area contributed by atoms with Crippen LogP contribution >= 0.6 is 0 Å². The molecule has 2 rings (SSSR count). The van der Waals surface area contributed by atoms with Gasteiger partial charge in [0.1, 0.15) is 18.4 Å². The third kappa shape index (κ3) is 5.29. The van der Waals surface area contributed by atoms with Crippen molar-refractivity contribution in [3.05, 3.63) is 66.8 Å². The van der Waals surface area contributed by atoms with Crippen LogP contribution in [-0.2, 0) is 14.8 Å². The van der Waals surface area contributed by atoms with Gasteiger partial charge in [-0.15, -0.1) is 0 Å². The number of carbonyl (C=O) groups is 1. The van der Waals surface area contributed by atoms with E-state index in [9.17, 15) is 22.0 Å². The highest BCUT2D eigenvalue weighted by molar-refractivity contribution is 7.92. The van der Waals surface area contributed by atoms with Gasteiger partial charge in [-0.1, -0.05) is 18.7 Å². The zero-order valence-electron chi connectivity index (χ0n) is 15.4. The van der Waals surface area contributed by atoms with Gasteiger partial charge in [0.05, 0.1) is 11.9 Å². The summed E-state index contributed by atoms with van der Waals surface area (Å²) in [5.41, 5.74) is 0.226. The van der Waals surface area contributed by atoms with Gasteiger partial charge >= 0.3 is 0 Å². The Bertz CT molecular complexity index is 980. The average molecular weight is 410 g/mol. The van der Waals surface area contributed by atoms with Crippen LogP contribution in [0.25, 0.3) is 0 Å². The summed E-state index contributed by atoms with van der Waals surface area (Å²) < 4.78 is 57.3. The third-order valence-electron chi connectivity index (χ3n) is 3.72. The minimum absolute atomic E-state index is 0.160. The summed E-state index contributed by atoms with van der Waals surface area (Å²) in [6.45, 7) is 5.17. The van der Waals surface area contributed by atoms with E-state index in [4.69, 9.17) is 4.74 Å². The maximum atomic E-state index is 13.6. The quantitative estimate of drug-likeness (QED) is 0.678. The van der Waals surface area contributed by atoms with E-state index in [0.717, 1.165) is 28.8 Å². The number of benzene rings is 2. The minimum atomic E-state index is -3.96. The van der Waals surface area contributed by atoms with Crippen LogP contribution in [0.15, 0.2) is 55.1 Å². The molecule has 0 heterocycles. The van der Waals surface area contributed by atoms with Crippen LogP contribution in [0.3, 0.4) is 0 Å². The Morgan fingerprint density at radius 3 is 2.57 bits per heavy atom. The van der Waals surface area contributed by atoms with Gasteiger partial charge in [-0.3, -0.25) is 9.10 Å². The lowest BCUT2D eigenvalue weighted by molar-refractivity contribution is -0.116. The number of sulfonamides is 1. The maximum Gasteiger partial charge on any atom is 0.247 e. The molecule has 6 nitrogen and oxygen atoms in total. The van der Waals surface area contributed by atoms with E-state index in [-0.39, 0.29) is 12.3 Å². The van der Waals surface area contributed by atoms with Gasteiger partial charge in [0, 0.05) is 17.8 Å². The summed E-state index contributed by atoms with van der Waals surface area (Å²) in [6.07, 6.45) is 2.45. The fourth-order valence-corrected chi connectivity index (χ4v) is 3.66. The minimum Gasteiger partial charge on any atom is -0.489 e. The molecule has 0 saturated carbocycles. The molecule has 0 unspecified atom stereocenters. The van der Waals surface area contributed by atoms with Crippen molar-refractivity contribution in [1.29, 1.82) is 0 Å². The number of amides is 1. The Morgan fingerprint density at radius 1 is 1.25 bits per heavy atom. The van der Waals surface area contributed by atoms with Crippen LogP contribution in [0.5, 0.6) is 5.75 Å². The van der Waals surface area contributed by atoms with E-state index >= 15 is 0 Å². The number of hydrogen-bond donors (Lipinski definition) is 1. The SMILES string of the molecule is C=CCOc1cccc(NC(=O)[C@H](C)N(c2ccc(F)c(F)c2)S(C)(=O)=O)c1. The number of nitrogens with one attached hydrogen (secondary N) is 1. The number of ether oxygens (including phenoxy) is 1. The molecule has 0 saturated heterocycles. The van der Waals surface area contributed by atoms with Crippen molar-refractivity contribution in [3.8, 4) is 5.75 Å². The topological polar surface area (TPSA) is 75.7 Å².